The molecule has 1 atom stereocenters. The highest BCUT2D eigenvalue weighted by atomic mass is 16.6. The molecule has 16 heteroatoms. The summed E-state index contributed by atoms with van der Waals surface area (Å²) in [4.78, 5) is 30.2. The highest BCUT2D eigenvalue weighted by molar-refractivity contribution is 5.69. The molecule has 1 unspecified atom stereocenters. The molecular weight excluding hydrogens is 710 g/mol. The lowest BCUT2D eigenvalue weighted by Gasteiger charge is -2.42. The fourth-order valence-electron chi connectivity index (χ4n) is 5.45. The molecule has 1 aromatic heterocycles. The zero-order valence-electron chi connectivity index (χ0n) is 33.6. The van der Waals surface area contributed by atoms with Crippen LogP contribution < -0.4 is 25.3 Å². The van der Waals surface area contributed by atoms with Gasteiger partial charge in [-0.15, -0.1) is 0 Å². The van der Waals surface area contributed by atoms with Gasteiger partial charge in [0.1, 0.15) is 18.0 Å². The van der Waals surface area contributed by atoms with Crippen LogP contribution in [-0.4, -0.2) is 144 Å². The first kappa shape index (κ1) is 44.9. The van der Waals surface area contributed by atoms with E-state index in [2.05, 4.69) is 33.8 Å². The van der Waals surface area contributed by atoms with Crippen LogP contribution in [0.1, 0.15) is 46.7 Å². The van der Waals surface area contributed by atoms with Crippen molar-refractivity contribution < 1.29 is 42.7 Å². The first-order chi connectivity index (χ1) is 26.5. The SMILES string of the molecule is C=N/C(=C\C=C(/C)c1ccnc(Nc2cc(OC)c(OC)c(OCCOCCOCCOCCOCCN)c2)n1)N1CCN(C(=O)OC(C)(C)C)C(CC)C1. The lowest BCUT2D eigenvalue weighted by molar-refractivity contribution is -0.00394. The summed E-state index contributed by atoms with van der Waals surface area (Å²) >= 11 is 0. The fourth-order valence-corrected chi connectivity index (χ4v) is 5.45. The Morgan fingerprint density at radius 3 is 2.18 bits per heavy atom. The number of methoxy groups -OCH3 is 2. The second kappa shape index (κ2) is 24.1. The predicted octanol–water partition coefficient (Wildman–Crippen LogP) is 4.92. The Kier molecular flexibility index (Phi) is 19.7. The third-order valence-corrected chi connectivity index (χ3v) is 8.17. The maximum absolute atomic E-state index is 12.8. The summed E-state index contributed by atoms with van der Waals surface area (Å²) in [5.41, 5.74) is 7.08. The topological polar surface area (TPSA) is 174 Å². The fraction of sp³-hybridized carbons (Fsp3) is 0.590. The minimum atomic E-state index is -0.552. The van der Waals surface area contributed by atoms with E-state index in [0.29, 0.717) is 114 Å². The van der Waals surface area contributed by atoms with E-state index in [1.165, 1.54) is 0 Å². The van der Waals surface area contributed by atoms with Gasteiger partial charge in [0.05, 0.1) is 78.8 Å². The van der Waals surface area contributed by atoms with Gasteiger partial charge in [-0.2, -0.15) is 0 Å². The molecule has 2 aromatic rings. The molecule has 3 rings (SSSR count). The van der Waals surface area contributed by atoms with Crippen molar-refractivity contribution in [3.63, 3.8) is 0 Å². The normalized spacial score (nSPS) is 15.2. The zero-order chi connectivity index (χ0) is 40.1. The van der Waals surface area contributed by atoms with Crippen LogP contribution in [0.4, 0.5) is 16.4 Å². The van der Waals surface area contributed by atoms with Crippen LogP contribution in [0.15, 0.2) is 47.4 Å². The third kappa shape index (κ3) is 15.7. The molecule has 16 nitrogen and oxygen atoms in total. The van der Waals surface area contributed by atoms with E-state index < -0.39 is 5.60 Å². The number of nitrogens with zero attached hydrogens (tertiary/aromatic N) is 5. The summed E-state index contributed by atoms with van der Waals surface area (Å²) in [5.74, 6) is 2.49. The molecule has 1 amide bonds. The highest BCUT2D eigenvalue weighted by Crippen LogP contribution is 2.40. The number of benzene rings is 1. The number of amides is 1. The van der Waals surface area contributed by atoms with Gasteiger partial charge < -0.3 is 58.7 Å². The van der Waals surface area contributed by atoms with E-state index in [-0.39, 0.29) is 18.7 Å². The molecule has 2 heterocycles. The summed E-state index contributed by atoms with van der Waals surface area (Å²) in [6, 6.07) is 5.40. The average Bonchev–Trinajstić information content (AvgIpc) is 3.17. The number of carbonyl (C=O) groups excluding carboxylic acids is 1. The molecule has 1 aromatic carbocycles. The number of nitrogens with one attached hydrogen (secondary N) is 1. The number of hydrogen-bond donors (Lipinski definition) is 2. The van der Waals surface area contributed by atoms with Gasteiger partial charge in [-0.3, -0.25) is 0 Å². The minimum Gasteiger partial charge on any atom is -0.493 e. The smallest absolute Gasteiger partial charge is 0.410 e. The van der Waals surface area contributed by atoms with Crippen LogP contribution in [0.3, 0.4) is 0 Å². The molecule has 0 bridgehead atoms. The van der Waals surface area contributed by atoms with Crippen molar-refractivity contribution in [3.8, 4) is 17.2 Å². The van der Waals surface area contributed by atoms with E-state index in [1.807, 2.05) is 50.8 Å². The van der Waals surface area contributed by atoms with Crippen molar-refractivity contribution in [2.24, 2.45) is 10.7 Å². The number of anilines is 2. The summed E-state index contributed by atoms with van der Waals surface area (Å²) in [6.07, 6.45) is 6.05. The van der Waals surface area contributed by atoms with Gasteiger partial charge >= 0.3 is 6.09 Å². The molecule has 0 saturated carbocycles. The van der Waals surface area contributed by atoms with Crippen LogP contribution in [0.25, 0.3) is 5.57 Å². The quantitative estimate of drug-likeness (QED) is 0.0837. The summed E-state index contributed by atoms with van der Waals surface area (Å²) in [7, 11) is 3.11. The van der Waals surface area contributed by atoms with E-state index in [9.17, 15) is 4.79 Å². The number of allylic oxidation sites excluding steroid dienone is 3. The minimum absolute atomic E-state index is 0.00893. The van der Waals surface area contributed by atoms with E-state index >= 15 is 0 Å². The van der Waals surface area contributed by atoms with Crippen LogP contribution in [-0.2, 0) is 23.7 Å². The molecule has 1 fully saturated rings. The molecule has 0 radical (unpaired) electrons. The Bertz CT molecular complexity index is 1530. The average molecular weight is 772 g/mol. The third-order valence-electron chi connectivity index (χ3n) is 8.17. The molecule has 1 aliphatic rings. The number of aromatic nitrogens is 2. The van der Waals surface area contributed by atoms with Crippen molar-refractivity contribution in [2.75, 3.05) is 105 Å². The lowest BCUT2D eigenvalue weighted by Crippen LogP contribution is -2.55. The second-order valence-corrected chi connectivity index (χ2v) is 13.4. The number of rotatable bonds is 24. The van der Waals surface area contributed by atoms with Crippen LogP contribution >= 0.6 is 0 Å². The van der Waals surface area contributed by atoms with Gasteiger partial charge in [0.2, 0.25) is 11.7 Å². The first-order valence-electron chi connectivity index (χ1n) is 18.6. The van der Waals surface area contributed by atoms with Gasteiger partial charge in [-0.25, -0.2) is 19.8 Å². The molecular formula is C39H61N7O9. The summed E-state index contributed by atoms with van der Waals surface area (Å²) in [6.45, 7) is 19.7. The molecule has 3 N–H and O–H groups in total. The van der Waals surface area contributed by atoms with Crippen molar-refractivity contribution in [3.05, 3.63) is 48.1 Å². The van der Waals surface area contributed by atoms with E-state index in [1.54, 1.807) is 32.5 Å². The number of piperazine rings is 1. The van der Waals surface area contributed by atoms with Gasteiger partial charge in [0.25, 0.3) is 0 Å². The highest BCUT2D eigenvalue weighted by Gasteiger charge is 2.33. The molecule has 0 spiro atoms. The summed E-state index contributed by atoms with van der Waals surface area (Å²) < 4.78 is 44.7. The van der Waals surface area contributed by atoms with E-state index in [0.717, 1.165) is 17.7 Å². The molecule has 0 aliphatic carbocycles. The number of nitrogens with two attached hydrogens (primary N) is 1. The van der Waals surface area contributed by atoms with E-state index in [4.69, 9.17) is 48.6 Å². The largest absolute Gasteiger partial charge is 0.493 e. The van der Waals surface area contributed by atoms with Crippen molar-refractivity contribution in [1.29, 1.82) is 0 Å². The van der Waals surface area contributed by atoms with Crippen LogP contribution in [0, 0.1) is 0 Å². The van der Waals surface area contributed by atoms with Crippen LogP contribution in [0.5, 0.6) is 17.2 Å². The van der Waals surface area contributed by atoms with Crippen LogP contribution in [0.2, 0.25) is 0 Å². The Labute approximate surface area is 326 Å². The molecule has 1 saturated heterocycles. The zero-order valence-corrected chi connectivity index (χ0v) is 33.6. The van der Waals surface area contributed by atoms with Gasteiger partial charge in [-0.05, 0) is 58.5 Å². The number of carbonyl (C=O) groups is 1. The number of ether oxygens (including phenoxy) is 8. The number of hydrogen-bond acceptors (Lipinski definition) is 15. The molecule has 55 heavy (non-hydrogen) atoms. The van der Waals surface area contributed by atoms with Crippen molar-refractivity contribution in [2.45, 2.75) is 52.7 Å². The monoisotopic (exact) mass is 771 g/mol. The van der Waals surface area contributed by atoms with Crippen molar-refractivity contribution >= 4 is 30.0 Å². The Hall–Kier alpha value is -4.48. The molecule has 306 valence electrons. The lowest BCUT2D eigenvalue weighted by atomic mass is 10.1. The first-order valence-corrected chi connectivity index (χ1v) is 18.6. The number of aliphatic imine (C=N–C) groups is 1. The van der Waals surface area contributed by atoms with Gasteiger partial charge in [-0.1, -0.05) is 13.0 Å². The van der Waals surface area contributed by atoms with Gasteiger partial charge in [0, 0.05) is 50.2 Å². The standard InChI is InChI=1S/C39H61N7O9/c1-9-31-28-45(15-16-46(31)38(47)55-39(3,4)5)35(41-6)11-10-29(2)32-12-14-42-37(44-32)43-30-26-33(48-7)36(49-8)34(27-30)54-25-24-53-23-22-52-21-20-51-19-18-50-17-13-40/h10-12,14,26-27,31H,6,9,13,15-25,28,40H2,1-5,7-8H3,(H,42,43,44)/b29-10+,35-11+. The predicted molar refractivity (Wildman–Crippen MR) is 213 cm³/mol. The Morgan fingerprint density at radius 1 is 0.964 bits per heavy atom. The second-order valence-electron chi connectivity index (χ2n) is 13.4. The molecule has 1 aliphatic heterocycles. The Morgan fingerprint density at radius 2 is 1.60 bits per heavy atom. The van der Waals surface area contributed by atoms with Crippen molar-refractivity contribution in [1.82, 2.24) is 19.8 Å². The Balaban J connectivity index is 1.57. The summed E-state index contributed by atoms with van der Waals surface area (Å²) in [5, 5.41) is 3.25. The maximum Gasteiger partial charge on any atom is 0.410 e. The maximum atomic E-state index is 12.8. The van der Waals surface area contributed by atoms with Gasteiger partial charge in [0.15, 0.2) is 11.5 Å².